The average Bonchev–Trinajstić information content (AvgIpc) is 2.55. The summed E-state index contributed by atoms with van der Waals surface area (Å²) >= 11 is 7.67. The number of halogens is 2. The first-order chi connectivity index (χ1) is 13.0. The number of benzene rings is 2. The number of hydrogen-bond acceptors (Lipinski definition) is 4. The van der Waals surface area contributed by atoms with Gasteiger partial charge >= 0.3 is 0 Å². The molecular formula is C17H20Cl2N2OS. The van der Waals surface area contributed by atoms with E-state index in [4.69, 9.17) is 19.8 Å². The van der Waals surface area contributed by atoms with Gasteiger partial charge in [-0.1, -0.05) is 23.4 Å². The molecule has 3 nitrogen and oxygen atoms in total. The van der Waals surface area contributed by atoms with Gasteiger partial charge in [0, 0.05) is 29.6 Å². The molecule has 2 aromatic rings. The van der Waals surface area contributed by atoms with Crippen molar-refractivity contribution in [2.45, 2.75) is 16.2 Å². The van der Waals surface area contributed by atoms with Crippen LogP contribution >= 0.6 is 35.8 Å². The van der Waals surface area contributed by atoms with Crippen LogP contribution in [0.1, 0.15) is 14.6 Å². The number of anilines is 2. The lowest BCUT2D eigenvalue weighted by atomic mass is 10.2. The number of aromatic hydroxyl groups is 1. The summed E-state index contributed by atoms with van der Waals surface area (Å²) in [7, 11) is 0. The Bertz CT molecular complexity index is 864. The Morgan fingerprint density at radius 2 is 2.00 bits per heavy atom. The highest BCUT2D eigenvalue weighted by molar-refractivity contribution is 7.99. The third-order valence-corrected chi connectivity index (χ3v) is 4.78. The van der Waals surface area contributed by atoms with E-state index in [0.717, 1.165) is 21.2 Å². The van der Waals surface area contributed by atoms with E-state index in [0.29, 0.717) is 22.9 Å². The monoisotopic (exact) mass is 376 g/mol. The third kappa shape index (κ3) is 4.07. The number of phenols is 1. The maximum absolute atomic E-state index is 9.81. The molecule has 1 heterocycles. The maximum Gasteiger partial charge on any atom is 0.116 e. The normalized spacial score (nSPS) is 17.6. The van der Waals surface area contributed by atoms with Crippen molar-refractivity contribution in [3.05, 3.63) is 41.4 Å². The maximum atomic E-state index is 9.81. The first-order valence-corrected chi connectivity index (χ1v) is 8.02. The highest BCUT2D eigenvalue weighted by Gasteiger charge is 2.23. The van der Waals surface area contributed by atoms with Crippen LogP contribution in [0.15, 0.2) is 46.2 Å². The molecule has 0 unspecified atom stereocenters. The van der Waals surface area contributed by atoms with Crippen molar-refractivity contribution >= 4 is 47.1 Å². The van der Waals surface area contributed by atoms with Crippen LogP contribution in [0.2, 0.25) is 5.02 Å². The average molecular weight is 377 g/mol. The van der Waals surface area contributed by atoms with Crippen LogP contribution < -0.4 is 4.90 Å². The van der Waals surface area contributed by atoms with Gasteiger partial charge in [0.1, 0.15) is 5.75 Å². The van der Waals surface area contributed by atoms with Crippen LogP contribution in [0, 0.1) is 0 Å². The van der Waals surface area contributed by atoms with E-state index < -0.39 is 14.0 Å². The summed E-state index contributed by atoms with van der Waals surface area (Å²) in [5, 5.41) is 10.4. The molecule has 3 rings (SSSR count). The van der Waals surface area contributed by atoms with E-state index in [1.54, 1.807) is 24.3 Å². The van der Waals surface area contributed by atoms with Crippen LogP contribution in [0.5, 0.6) is 5.75 Å². The minimum Gasteiger partial charge on any atom is -0.508 e. The fourth-order valence-electron chi connectivity index (χ4n) is 2.47. The van der Waals surface area contributed by atoms with E-state index in [2.05, 4.69) is 0 Å². The number of nitrogens with zero attached hydrogens (tertiary/aromatic N) is 2. The Labute approximate surface area is 161 Å². The molecule has 0 atom stereocenters. The van der Waals surface area contributed by atoms with E-state index in [-0.39, 0.29) is 24.7 Å². The first kappa shape index (κ1) is 11.5. The highest BCUT2D eigenvalue weighted by Crippen LogP contribution is 2.49. The lowest BCUT2D eigenvalue weighted by molar-refractivity contribution is 0.402. The van der Waals surface area contributed by atoms with Crippen LogP contribution in [0.25, 0.3) is 0 Å². The number of hydrogen-bond donors (Lipinski definition) is 1. The molecule has 6 heteroatoms. The van der Waals surface area contributed by atoms with E-state index in [1.165, 1.54) is 11.8 Å². The molecule has 0 saturated carbocycles. The second-order valence-electron chi connectivity index (χ2n) is 5.02. The quantitative estimate of drug-likeness (QED) is 0.809. The molecule has 2 aromatic carbocycles. The standard InChI is InChI=1S/C17H19ClN2OS.ClH/c1-19(2)8-3-9-20-14-6-5-13(21)11-17(14)22-16-7-4-12(18)10-15(16)20;/h4-7,10-11,21H,3,8-9H2,1-2H3;1H/i1D3,2D3;. The van der Waals surface area contributed by atoms with Crippen molar-refractivity contribution in [2.24, 2.45) is 0 Å². The van der Waals surface area contributed by atoms with Crippen LogP contribution in [0.4, 0.5) is 11.4 Å². The number of rotatable bonds is 4. The van der Waals surface area contributed by atoms with Crippen molar-refractivity contribution in [1.82, 2.24) is 4.90 Å². The Kier molecular flexibility index (Phi) is 3.83. The minimum absolute atomic E-state index is 0. The zero-order valence-electron chi connectivity index (χ0n) is 18.1. The van der Waals surface area contributed by atoms with Crippen LogP contribution in [0.3, 0.4) is 0 Å². The molecule has 124 valence electrons. The van der Waals surface area contributed by atoms with Crippen molar-refractivity contribution in [3.8, 4) is 5.75 Å². The fraction of sp³-hybridized carbons (Fsp3) is 0.294. The molecule has 1 N–H and O–H groups in total. The van der Waals surface area contributed by atoms with E-state index in [9.17, 15) is 5.11 Å². The van der Waals surface area contributed by atoms with Gasteiger partial charge in [0.15, 0.2) is 0 Å². The smallest absolute Gasteiger partial charge is 0.116 e. The van der Waals surface area contributed by atoms with Gasteiger partial charge in [-0.3, -0.25) is 0 Å². The zero-order chi connectivity index (χ0) is 20.7. The topological polar surface area (TPSA) is 26.7 Å². The predicted octanol–water partition coefficient (Wildman–Crippen LogP) is 5.02. The molecule has 0 saturated heterocycles. The minimum atomic E-state index is -2.70. The molecule has 0 fully saturated rings. The summed E-state index contributed by atoms with van der Waals surface area (Å²) in [4.78, 5) is 4.35. The molecule has 0 aliphatic carbocycles. The van der Waals surface area contributed by atoms with E-state index >= 15 is 0 Å². The van der Waals surface area contributed by atoms with Crippen molar-refractivity contribution < 1.29 is 13.3 Å². The van der Waals surface area contributed by atoms with Crippen LogP contribution in [-0.2, 0) is 0 Å². The van der Waals surface area contributed by atoms with Gasteiger partial charge in [-0.2, -0.15) is 0 Å². The van der Waals surface area contributed by atoms with Crippen molar-refractivity contribution in [3.63, 3.8) is 0 Å². The largest absolute Gasteiger partial charge is 0.508 e. The van der Waals surface area contributed by atoms with E-state index in [1.807, 2.05) is 17.0 Å². The Hall–Kier alpha value is -1.07. The van der Waals surface area contributed by atoms with Crippen molar-refractivity contribution in [2.75, 3.05) is 31.9 Å². The van der Waals surface area contributed by atoms with Crippen LogP contribution in [-0.4, -0.2) is 37.0 Å². The van der Waals surface area contributed by atoms with Gasteiger partial charge in [-0.15, -0.1) is 12.4 Å². The lowest BCUT2D eigenvalue weighted by Gasteiger charge is -2.33. The second-order valence-corrected chi connectivity index (χ2v) is 6.54. The SMILES string of the molecule is Cl.[2H]C([2H])([2H])N(CCCN1c2ccc(O)cc2Sc2ccc(Cl)cc21)C([2H])([2H])[2H]. The molecule has 1 aliphatic heterocycles. The molecular weight excluding hydrogens is 351 g/mol. The summed E-state index contributed by atoms with van der Waals surface area (Å²) in [6.45, 7) is -5.11. The molecule has 0 amide bonds. The summed E-state index contributed by atoms with van der Waals surface area (Å²) in [5.41, 5.74) is 1.72. The predicted molar refractivity (Wildman–Crippen MR) is 101 cm³/mol. The second kappa shape index (κ2) is 7.67. The molecule has 23 heavy (non-hydrogen) atoms. The number of phenolic OH excluding ortho intramolecular Hbond substituents is 1. The Balaban J connectivity index is 0.00000300. The molecule has 0 bridgehead atoms. The fourth-order valence-corrected chi connectivity index (χ4v) is 3.75. The first-order valence-electron chi connectivity index (χ1n) is 9.82. The lowest BCUT2D eigenvalue weighted by Crippen LogP contribution is -2.25. The third-order valence-electron chi connectivity index (χ3n) is 3.43. The summed E-state index contributed by atoms with van der Waals surface area (Å²) < 4.78 is 44.9. The van der Waals surface area contributed by atoms with Crippen molar-refractivity contribution in [1.29, 1.82) is 0 Å². The summed E-state index contributed by atoms with van der Waals surface area (Å²) in [6, 6.07) is 10.5. The van der Waals surface area contributed by atoms with Gasteiger partial charge in [-0.05, 0) is 63.3 Å². The number of fused-ring (bicyclic) bond motifs is 2. The van der Waals surface area contributed by atoms with Gasteiger partial charge in [-0.25, -0.2) is 0 Å². The summed E-state index contributed by atoms with van der Waals surface area (Å²) in [6.07, 6.45) is 0.313. The molecule has 0 radical (unpaired) electrons. The summed E-state index contributed by atoms with van der Waals surface area (Å²) in [5.74, 6) is 0.152. The Morgan fingerprint density at radius 1 is 1.17 bits per heavy atom. The van der Waals surface area contributed by atoms with Gasteiger partial charge in [0.25, 0.3) is 0 Å². The van der Waals surface area contributed by atoms with Gasteiger partial charge in [0.05, 0.1) is 11.4 Å². The Morgan fingerprint density at radius 3 is 2.78 bits per heavy atom. The van der Waals surface area contributed by atoms with Gasteiger partial charge in [0.2, 0.25) is 0 Å². The highest BCUT2D eigenvalue weighted by atomic mass is 35.5. The zero-order valence-corrected chi connectivity index (χ0v) is 14.5. The van der Waals surface area contributed by atoms with Gasteiger partial charge < -0.3 is 14.9 Å². The molecule has 0 aromatic heterocycles. The molecule has 0 spiro atoms. The molecule has 1 aliphatic rings.